The minimum Gasteiger partial charge on any atom is -0.462 e. The summed E-state index contributed by atoms with van der Waals surface area (Å²) in [5.41, 5.74) is 0. The van der Waals surface area contributed by atoms with E-state index in [1.54, 1.807) is 19.0 Å². The summed E-state index contributed by atoms with van der Waals surface area (Å²) in [7, 11) is 3.40. The highest BCUT2D eigenvalue weighted by Gasteiger charge is 2.16. The number of carbonyl (C=O) groups excluding carboxylic acids is 2. The summed E-state index contributed by atoms with van der Waals surface area (Å²) >= 11 is 0. The lowest BCUT2D eigenvalue weighted by atomic mass is 10.1. The maximum atomic E-state index is 11.3. The van der Waals surface area contributed by atoms with Crippen molar-refractivity contribution in [2.75, 3.05) is 27.2 Å². The molecule has 0 rings (SSSR count). The van der Waals surface area contributed by atoms with Crippen molar-refractivity contribution in [3.05, 3.63) is 0 Å². The van der Waals surface area contributed by atoms with E-state index in [1.807, 2.05) is 20.8 Å². The van der Waals surface area contributed by atoms with Gasteiger partial charge in [0.1, 0.15) is 0 Å². The number of rotatable bonds is 6. The molecule has 0 aromatic rings. The number of hydrogen-bond donors (Lipinski definition) is 1. The largest absolute Gasteiger partial charge is 0.462 e. The van der Waals surface area contributed by atoms with Crippen molar-refractivity contribution < 1.29 is 14.3 Å². The smallest absolute Gasteiger partial charge is 0.320 e. The lowest BCUT2D eigenvalue weighted by Gasteiger charge is -2.20. The van der Waals surface area contributed by atoms with Crippen LogP contribution in [0.4, 0.5) is 0 Å². The second kappa shape index (κ2) is 7.22. The summed E-state index contributed by atoms with van der Waals surface area (Å²) in [4.78, 5) is 24.4. The van der Waals surface area contributed by atoms with Crippen LogP contribution >= 0.6 is 0 Å². The van der Waals surface area contributed by atoms with Crippen LogP contribution in [0.25, 0.3) is 0 Å². The van der Waals surface area contributed by atoms with E-state index < -0.39 is 0 Å². The molecule has 0 spiro atoms. The zero-order valence-electron chi connectivity index (χ0n) is 10.7. The van der Waals surface area contributed by atoms with Crippen LogP contribution < -0.4 is 5.32 Å². The molecule has 0 saturated heterocycles. The van der Waals surface area contributed by atoms with E-state index in [9.17, 15) is 9.59 Å². The first-order chi connectivity index (χ1) is 7.36. The Labute approximate surface area is 97.1 Å². The number of nitrogens with zero attached hydrogens (tertiary/aromatic N) is 1. The van der Waals surface area contributed by atoms with Crippen molar-refractivity contribution in [3.63, 3.8) is 0 Å². The second-order valence-electron chi connectivity index (χ2n) is 4.25. The molecule has 0 aromatic carbocycles. The van der Waals surface area contributed by atoms with Crippen LogP contribution in [0.3, 0.4) is 0 Å². The fraction of sp³-hybridized carbons (Fsp3) is 0.818. The molecule has 0 aliphatic carbocycles. The highest BCUT2D eigenvalue weighted by atomic mass is 16.5. The van der Waals surface area contributed by atoms with E-state index in [1.165, 1.54) is 0 Å². The van der Waals surface area contributed by atoms with Crippen molar-refractivity contribution in [2.45, 2.75) is 26.9 Å². The minimum atomic E-state index is -0.262. The van der Waals surface area contributed by atoms with Gasteiger partial charge in [0, 0.05) is 19.5 Å². The van der Waals surface area contributed by atoms with Crippen molar-refractivity contribution in [1.82, 2.24) is 10.2 Å². The summed E-state index contributed by atoms with van der Waals surface area (Å²) in [6, 6.07) is 0. The number of esters is 1. The number of likely N-dealkylation sites (N-methyl/N-ethyl adjacent to an activating group) is 1. The lowest BCUT2D eigenvalue weighted by molar-refractivity contribution is -0.148. The quantitative estimate of drug-likeness (QED) is 0.665. The van der Waals surface area contributed by atoms with Gasteiger partial charge in [0.15, 0.2) is 0 Å². The molecule has 0 heterocycles. The Morgan fingerprint density at radius 3 is 2.31 bits per heavy atom. The fourth-order valence-electron chi connectivity index (χ4n) is 1.38. The molecule has 0 radical (unpaired) electrons. The van der Waals surface area contributed by atoms with Crippen molar-refractivity contribution >= 4 is 11.9 Å². The summed E-state index contributed by atoms with van der Waals surface area (Å²) in [5.74, 6) is -0.424. The van der Waals surface area contributed by atoms with Gasteiger partial charge in [0.25, 0.3) is 0 Å². The van der Waals surface area contributed by atoms with Crippen LogP contribution in [0, 0.1) is 5.92 Å². The molecular weight excluding hydrogens is 208 g/mol. The Kier molecular flexibility index (Phi) is 6.72. The van der Waals surface area contributed by atoms with Crippen molar-refractivity contribution in [2.24, 2.45) is 5.92 Å². The van der Waals surface area contributed by atoms with E-state index in [0.29, 0.717) is 6.54 Å². The summed E-state index contributed by atoms with van der Waals surface area (Å²) in [6.07, 6.45) is -0.0998. The fourth-order valence-corrected chi connectivity index (χ4v) is 1.38. The Bertz CT molecular complexity index is 241. The van der Waals surface area contributed by atoms with Crippen LogP contribution in [0.5, 0.6) is 0 Å². The van der Waals surface area contributed by atoms with Crippen LogP contribution in [0.1, 0.15) is 20.8 Å². The molecule has 0 saturated carbocycles. The van der Waals surface area contributed by atoms with Crippen LogP contribution in [-0.4, -0.2) is 50.1 Å². The Hall–Kier alpha value is -1.10. The number of hydrogen-bond acceptors (Lipinski definition) is 4. The molecule has 1 atom stereocenters. The monoisotopic (exact) mass is 230 g/mol. The van der Waals surface area contributed by atoms with Gasteiger partial charge in [-0.2, -0.15) is 0 Å². The number of amides is 1. The van der Waals surface area contributed by atoms with Gasteiger partial charge in [-0.3, -0.25) is 14.5 Å². The molecular formula is C11H22N2O3. The van der Waals surface area contributed by atoms with Gasteiger partial charge in [-0.05, 0) is 20.9 Å². The summed E-state index contributed by atoms with van der Waals surface area (Å²) in [5, 5.41) is 2.57. The number of ether oxygens (including phenoxy) is 1. The molecule has 1 amide bonds. The van der Waals surface area contributed by atoms with E-state index in [-0.39, 0.29) is 30.4 Å². The molecule has 1 N–H and O–H groups in total. The van der Waals surface area contributed by atoms with Gasteiger partial charge in [-0.15, -0.1) is 0 Å². The third-order valence-corrected chi connectivity index (χ3v) is 2.05. The maximum Gasteiger partial charge on any atom is 0.320 e. The van der Waals surface area contributed by atoms with Gasteiger partial charge in [0.05, 0.1) is 12.6 Å². The van der Waals surface area contributed by atoms with Gasteiger partial charge < -0.3 is 10.1 Å². The maximum absolute atomic E-state index is 11.3. The van der Waals surface area contributed by atoms with Crippen molar-refractivity contribution in [3.8, 4) is 0 Å². The first-order valence-corrected chi connectivity index (χ1v) is 5.46. The van der Waals surface area contributed by atoms with E-state index >= 15 is 0 Å². The van der Waals surface area contributed by atoms with Crippen LogP contribution in [0.2, 0.25) is 0 Å². The Morgan fingerprint density at radius 1 is 1.31 bits per heavy atom. The molecule has 94 valence electrons. The van der Waals surface area contributed by atoms with Gasteiger partial charge in [0.2, 0.25) is 5.91 Å². The average Bonchev–Trinajstić information content (AvgIpc) is 2.14. The predicted molar refractivity (Wildman–Crippen MR) is 62.0 cm³/mol. The molecule has 16 heavy (non-hydrogen) atoms. The predicted octanol–water partition coefficient (Wildman–Crippen LogP) is 0.252. The molecule has 5 nitrogen and oxygen atoms in total. The van der Waals surface area contributed by atoms with Gasteiger partial charge in [-0.25, -0.2) is 0 Å². The first-order valence-electron chi connectivity index (χ1n) is 5.46. The Morgan fingerprint density at radius 2 is 1.88 bits per heavy atom. The number of carbonyl (C=O) groups is 2. The zero-order valence-corrected chi connectivity index (χ0v) is 10.7. The molecule has 0 fully saturated rings. The summed E-state index contributed by atoms with van der Waals surface area (Å²) < 4.78 is 5.01. The first kappa shape index (κ1) is 14.9. The Balaban J connectivity index is 3.94. The molecule has 0 aliphatic rings. The normalized spacial score (nSPS) is 12.7. The van der Waals surface area contributed by atoms with Crippen LogP contribution in [-0.2, 0) is 14.3 Å². The third kappa shape index (κ3) is 6.40. The van der Waals surface area contributed by atoms with Gasteiger partial charge in [-0.1, -0.05) is 6.92 Å². The zero-order chi connectivity index (χ0) is 12.7. The standard InChI is InChI=1S/C11H22N2O3/c1-8(2)16-10(14)7-13(5)6-9(3)11(15)12-4/h8-9H,6-7H2,1-5H3,(H,12,15). The highest BCUT2D eigenvalue weighted by molar-refractivity contribution is 5.78. The van der Waals surface area contributed by atoms with Crippen molar-refractivity contribution in [1.29, 1.82) is 0 Å². The minimum absolute atomic E-state index is 0.0240. The van der Waals surface area contributed by atoms with Gasteiger partial charge >= 0.3 is 5.97 Å². The lowest BCUT2D eigenvalue weighted by Crippen LogP contribution is -2.37. The third-order valence-electron chi connectivity index (χ3n) is 2.05. The average molecular weight is 230 g/mol. The highest BCUT2D eigenvalue weighted by Crippen LogP contribution is 1.99. The topological polar surface area (TPSA) is 58.6 Å². The molecule has 5 heteroatoms. The molecule has 0 bridgehead atoms. The van der Waals surface area contributed by atoms with E-state index in [4.69, 9.17) is 4.74 Å². The molecule has 0 aromatic heterocycles. The van der Waals surface area contributed by atoms with Crippen LogP contribution in [0.15, 0.2) is 0 Å². The summed E-state index contributed by atoms with van der Waals surface area (Å²) in [6.45, 7) is 6.19. The van der Waals surface area contributed by atoms with E-state index in [2.05, 4.69) is 5.32 Å². The van der Waals surface area contributed by atoms with E-state index in [0.717, 1.165) is 0 Å². The molecule has 0 aliphatic heterocycles. The SMILES string of the molecule is CNC(=O)C(C)CN(C)CC(=O)OC(C)C. The second-order valence-corrected chi connectivity index (χ2v) is 4.25. The number of nitrogens with one attached hydrogen (secondary N) is 1. The molecule has 1 unspecified atom stereocenters.